The van der Waals surface area contributed by atoms with Crippen LogP contribution in [-0.4, -0.2) is 40.5 Å². The van der Waals surface area contributed by atoms with Crippen LogP contribution >= 0.6 is 0 Å². The predicted octanol–water partition coefficient (Wildman–Crippen LogP) is 0.671. The van der Waals surface area contributed by atoms with Gasteiger partial charge in [-0.25, -0.2) is 4.39 Å². The molecule has 0 spiro atoms. The highest BCUT2D eigenvalue weighted by Crippen LogP contribution is 2.33. The van der Waals surface area contributed by atoms with Crippen LogP contribution in [0.5, 0.6) is 0 Å². The summed E-state index contributed by atoms with van der Waals surface area (Å²) in [7, 11) is 0. The van der Waals surface area contributed by atoms with E-state index in [1.807, 2.05) is 0 Å². The molecule has 1 N–H and O–H groups in total. The third-order valence-electron chi connectivity index (χ3n) is 3.11. The smallest absolute Gasteiger partial charge is 0.305 e. The average Bonchev–Trinajstić information content (AvgIpc) is 2.60. The molecule has 0 aromatic carbocycles. The largest absolute Gasteiger partial charge is 0.481 e. The molecule has 5 nitrogen and oxygen atoms in total. The summed E-state index contributed by atoms with van der Waals surface area (Å²) >= 11 is 0. The van der Waals surface area contributed by atoms with Crippen LogP contribution in [0.4, 0.5) is 4.39 Å². The van der Waals surface area contributed by atoms with Crippen molar-refractivity contribution in [1.29, 1.82) is 0 Å². The Labute approximate surface area is 103 Å². The van der Waals surface area contributed by atoms with Crippen LogP contribution in [0.25, 0.3) is 0 Å². The highest BCUT2D eigenvalue weighted by atomic mass is 19.1. The van der Waals surface area contributed by atoms with Gasteiger partial charge in [0.2, 0.25) is 5.91 Å². The number of allylic oxidation sites excluding steroid dienone is 3. The van der Waals surface area contributed by atoms with Crippen molar-refractivity contribution in [2.24, 2.45) is 5.92 Å². The molecule has 1 aliphatic heterocycles. The molecule has 1 aliphatic carbocycles. The van der Waals surface area contributed by atoms with Gasteiger partial charge in [0.25, 0.3) is 5.91 Å². The molecule has 2 amide bonds. The molecule has 1 heterocycles. The summed E-state index contributed by atoms with van der Waals surface area (Å²) in [5.74, 6) is -2.89. The van der Waals surface area contributed by atoms with Crippen molar-refractivity contribution in [3.8, 4) is 0 Å². The number of fused-ring (bicyclic) bond motifs is 1. The van der Waals surface area contributed by atoms with Crippen LogP contribution in [0.2, 0.25) is 0 Å². The van der Waals surface area contributed by atoms with Gasteiger partial charge in [0.1, 0.15) is 6.67 Å². The minimum absolute atomic E-state index is 0.325. The normalized spacial score (nSPS) is 23.9. The standard InChI is InChI=1S/C12H12FNO4/c13-6-7(5-10(15)16)14-11(17)8-3-1-2-4-9(8)12(14)18/h1-3,7,9H,4-6H2,(H,15,16)/t7-,9?/m0/s1. The van der Waals surface area contributed by atoms with Crippen LogP contribution < -0.4 is 0 Å². The van der Waals surface area contributed by atoms with E-state index in [4.69, 9.17) is 5.11 Å². The SMILES string of the molecule is O=C(O)C[C@@H](CF)N1C(=O)C2=CC=CCC2C1=O. The minimum Gasteiger partial charge on any atom is -0.481 e. The van der Waals surface area contributed by atoms with E-state index >= 15 is 0 Å². The van der Waals surface area contributed by atoms with E-state index < -0.39 is 42.8 Å². The number of alkyl halides is 1. The number of aliphatic carboxylic acids is 1. The van der Waals surface area contributed by atoms with Gasteiger partial charge in [-0.05, 0) is 6.42 Å². The summed E-state index contributed by atoms with van der Waals surface area (Å²) in [6.45, 7) is -1.04. The summed E-state index contributed by atoms with van der Waals surface area (Å²) in [5.41, 5.74) is 0.325. The molecule has 1 unspecified atom stereocenters. The lowest BCUT2D eigenvalue weighted by molar-refractivity contribution is -0.145. The molecule has 18 heavy (non-hydrogen) atoms. The molecule has 0 aromatic rings. The summed E-state index contributed by atoms with van der Waals surface area (Å²) in [5, 5.41) is 8.66. The maximum absolute atomic E-state index is 12.8. The van der Waals surface area contributed by atoms with Gasteiger partial charge < -0.3 is 5.11 Å². The summed E-state index contributed by atoms with van der Waals surface area (Å²) in [6.07, 6.45) is 4.79. The minimum atomic E-state index is -1.24. The summed E-state index contributed by atoms with van der Waals surface area (Å²) in [6, 6.07) is -1.21. The molecule has 0 radical (unpaired) electrons. The fraction of sp³-hybridized carbons (Fsp3) is 0.417. The summed E-state index contributed by atoms with van der Waals surface area (Å²) in [4.78, 5) is 35.3. The first-order valence-corrected chi connectivity index (χ1v) is 5.58. The Morgan fingerprint density at radius 2 is 2.28 bits per heavy atom. The lowest BCUT2D eigenvalue weighted by atomic mass is 9.94. The van der Waals surface area contributed by atoms with E-state index in [1.165, 1.54) is 6.08 Å². The molecule has 6 heteroatoms. The number of carboxylic acid groups (broad SMARTS) is 1. The fourth-order valence-electron chi connectivity index (χ4n) is 2.25. The van der Waals surface area contributed by atoms with E-state index in [0.29, 0.717) is 12.0 Å². The molecule has 96 valence electrons. The monoisotopic (exact) mass is 253 g/mol. The zero-order chi connectivity index (χ0) is 13.3. The average molecular weight is 253 g/mol. The number of likely N-dealkylation sites (tertiary alicyclic amines) is 1. The van der Waals surface area contributed by atoms with Crippen molar-refractivity contribution >= 4 is 17.8 Å². The van der Waals surface area contributed by atoms with E-state index in [2.05, 4.69) is 0 Å². The van der Waals surface area contributed by atoms with Gasteiger partial charge in [0.15, 0.2) is 0 Å². The molecule has 1 fully saturated rings. The lowest BCUT2D eigenvalue weighted by Crippen LogP contribution is -2.43. The van der Waals surface area contributed by atoms with Gasteiger partial charge in [-0.15, -0.1) is 0 Å². The first-order valence-electron chi connectivity index (χ1n) is 5.58. The van der Waals surface area contributed by atoms with Crippen molar-refractivity contribution in [2.45, 2.75) is 18.9 Å². The molecular formula is C12H12FNO4. The van der Waals surface area contributed by atoms with Crippen molar-refractivity contribution in [2.75, 3.05) is 6.67 Å². The number of hydrogen-bond acceptors (Lipinski definition) is 3. The van der Waals surface area contributed by atoms with Crippen LogP contribution in [-0.2, 0) is 14.4 Å². The molecule has 1 saturated heterocycles. The van der Waals surface area contributed by atoms with Crippen LogP contribution in [0.3, 0.4) is 0 Å². The molecular weight excluding hydrogens is 241 g/mol. The number of halogens is 1. The van der Waals surface area contributed by atoms with Gasteiger partial charge in [-0.1, -0.05) is 18.2 Å². The summed E-state index contributed by atoms with van der Waals surface area (Å²) < 4.78 is 12.8. The van der Waals surface area contributed by atoms with Crippen molar-refractivity contribution in [3.05, 3.63) is 23.8 Å². The van der Waals surface area contributed by atoms with Crippen LogP contribution in [0.1, 0.15) is 12.8 Å². The Morgan fingerprint density at radius 3 is 2.83 bits per heavy atom. The lowest BCUT2D eigenvalue weighted by Gasteiger charge is -2.22. The number of hydrogen-bond donors (Lipinski definition) is 1. The van der Waals surface area contributed by atoms with E-state index in [9.17, 15) is 18.8 Å². The number of carboxylic acids is 1. The van der Waals surface area contributed by atoms with Crippen LogP contribution in [0, 0.1) is 5.92 Å². The molecule has 2 aliphatic rings. The number of carbonyl (C=O) groups is 3. The molecule has 0 saturated carbocycles. The third kappa shape index (κ3) is 1.94. The molecule has 0 bridgehead atoms. The van der Waals surface area contributed by atoms with E-state index in [-0.39, 0.29) is 0 Å². The second-order valence-corrected chi connectivity index (χ2v) is 4.26. The van der Waals surface area contributed by atoms with Gasteiger partial charge in [-0.2, -0.15) is 0 Å². The van der Waals surface area contributed by atoms with Gasteiger partial charge in [-0.3, -0.25) is 19.3 Å². The van der Waals surface area contributed by atoms with E-state index in [0.717, 1.165) is 4.90 Å². The highest BCUT2D eigenvalue weighted by molar-refractivity contribution is 6.15. The van der Waals surface area contributed by atoms with E-state index in [1.54, 1.807) is 12.2 Å². The van der Waals surface area contributed by atoms with Gasteiger partial charge >= 0.3 is 5.97 Å². The zero-order valence-corrected chi connectivity index (χ0v) is 9.51. The molecule has 0 aromatic heterocycles. The number of nitrogens with zero attached hydrogens (tertiary/aromatic N) is 1. The second kappa shape index (κ2) is 4.72. The van der Waals surface area contributed by atoms with Gasteiger partial charge in [0, 0.05) is 5.57 Å². The zero-order valence-electron chi connectivity index (χ0n) is 9.51. The van der Waals surface area contributed by atoms with Crippen molar-refractivity contribution in [3.63, 3.8) is 0 Å². The Hall–Kier alpha value is -1.98. The first-order chi connectivity index (χ1) is 8.56. The first kappa shape index (κ1) is 12.5. The number of imide groups is 1. The number of carbonyl (C=O) groups excluding carboxylic acids is 2. The van der Waals surface area contributed by atoms with Gasteiger partial charge in [0.05, 0.1) is 18.4 Å². The Bertz CT molecular complexity index is 469. The predicted molar refractivity (Wildman–Crippen MR) is 59.2 cm³/mol. The number of rotatable bonds is 4. The maximum Gasteiger partial charge on any atom is 0.305 e. The van der Waals surface area contributed by atoms with Crippen LogP contribution in [0.15, 0.2) is 23.8 Å². The topological polar surface area (TPSA) is 74.7 Å². The molecule has 2 rings (SSSR count). The maximum atomic E-state index is 12.8. The Balaban J connectivity index is 2.27. The second-order valence-electron chi connectivity index (χ2n) is 4.26. The third-order valence-corrected chi connectivity index (χ3v) is 3.11. The highest BCUT2D eigenvalue weighted by Gasteiger charge is 2.46. The Morgan fingerprint density at radius 1 is 1.56 bits per heavy atom. The fourth-order valence-corrected chi connectivity index (χ4v) is 2.25. The Kier molecular flexibility index (Phi) is 3.27. The quantitative estimate of drug-likeness (QED) is 0.747. The van der Waals surface area contributed by atoms with Crippen molar-refractivity contribution in [1.82, 2.24) is 4.90 Å². The van der Waals surface area contributed by atoms with Crippen molar-refractivity contribution < 1.29 is 23.9 Å². The number of amides is 2. The molecule has 2 atom stereocenters.